The van der Waals surface area contributed by atoms with Gasteiger partial charge in [0.1, 0.15) is 5.82 Å². The van der Waals surface area contributed by atoms with Gasteiger partial charge in [0.25, 0.3) is 0 Å². The molecule has 0 N–H and O–H groups in total. The van der Waals surface area contributed by atoms with Gasteiger partial charge in [-0.05, 0) is 54.5 Å². The molecule has 0 fully saturated rings. The minimum Gasteiger partial charge on any atom is -0.299 e. The number of hydrogen-bond acceptors (Lipinski definition) is 1. The van der Waals surface area contributed by atoms with E-state index in [2.05, 4.69) is 50.5 Å². The summed E-state index contributed by atoms with van der Waals surface area (Å²) in [4.78, 5) is 2.48. The molecule has 0 aromatic heterocycles. The standard InChI is InChI=1S/C22H30FN/c1-5-6-7-8-19-9-10-20(17-21(19)23)18-11-14-24(15-12-18)16-13-22(2,3)4/h9-11,17H,5-6,12-16H2,1-4H3. The average Bonchev–Trinajstić information content (AvgIpc) is 2.54. The van der Waals surface area contributed by atoms with Gasteiger partial charge in [-0.1, -0.05) is 51.7 Å². The summed E-state index contributed by atoms with van der Waals surface area (Å²) < 4.78 is 14.2. The maximum atomic E-state index is 14.2. The maximum absolute atomic E-state index is 14.2. The zero-order valence-corrected chi connectivity index (χ0v) is 15.6. The monoisotopic (exact) mass is 327 g/mol. The van der Waals surface area contributed by atoms with Crippen molar-refractivity contribution in [3.05, 3.63) is 41.2 Å². The Bertz CT molecular complexity index is 640. The molecule has 0 atom stereocenters. The zero-order chi connectivity index (χ0) is 17.6. The van der Waals surface area contributed by atoms with Gasteiger partial charge in [0, 0.05) is 19.5 Å². The second-order valence-electron chi connectivity index (χ2n) is 7.84. The first kappa shape index (κ1) is 18.7. The van der Waals surface area contributed by atoms with E-state index in [4.69, 9.17) is 0 Å². The van der Waals surface area contributed by atoms with E-state index in [9.17, 15) is 4.39 Å². The van der Waals surface area contributed by atoms with Gasteiger partial charge in [0.15, 0.2) is 0 Å². The third-order valence-electron chi connectivity index (χ3n) is 4.41. The number of nitrogens with zero attached hydrogens (tertiary/aromatic N) is 1. The lowest BCUT2D eigenvalue weighted by Gasteiger charge is -2.29. The third kappa shape index (κ3) is 5.80. The summed E-state index contributed by atoms with van der Waals surface area (Å²) in [5.41, 5.74) is 3.15. The van der Waals surface area contributed by atoms with Crippen LogP contribution in [0.25, 0.3) is 5.57 Å². The van der Waals surface area contributed by atoms with Gasteiger partial charge in [0.05, 0.1) is 5.56 Å². The summed E-state index contributed by atoms with van der Waals surface area (Å²) in [7, 11) is 0. The van der Waals surface area contributed by atoms with E-state index < -0.39 is 0 Å². The Labute approximate surface area is 146 Å². The van der Waals surface area contributed by atoms with Crippen molar-refractivity contribution in [3.8, 4) is 11.8 Å². The number of unbranched alkanes of at least 4 members (excludes halogenated alkanes) is 1. The Morgan fingerprint density at radius 3 is 2.62 bits per heavy atom. The van der Waals surface area contributed by atoms with Crippen molar-refractivity contribution in [2.24, 2.45) is 5.41 Å². The summed E-state index contributed by atoms with van der Waals surface area (Å²) in [6.07, 6.45) is 6.27. The largest absolute Gasteiger partial charge is 0.299 e. The number of halogens is 1. The van der Waals surface area contributed by atoms with Gasteiger partial charge < -0.3 is 0 Å². The molecule has 0 aliphatic carbocycles. The topological polar surface area (TPSA) is 3.24 Å². The van der Waals surface area contributed by atoms with E-state index in [0.717, 1.165) is 44.5 Å². The predicted molar refractivity (Wildman–Crippen MR) is 101 cm³/mol. The molecule has 1 aromatic carbocycles. The minimum absolute atomic E-state index is 0.202. The molecule has 0 radical (unpaired) electrons. The van der Waals surface area contributed by atoms with E-state index in [1.165, 1.54) is 12.0 Å². The SMILES string of the molecule is CCCC#Cc1ccc(C2=CCN(CCC(C)(C)C)CC2)cc1F. The molecule has 0 saturated carbocycles. The summed E-state index contributed by atoms with van der Waals surface area (Å²) in [6.45, 7) is 12.1. The molecule has 1 nitrogen and oxygen atoms in total. The van der Waals surface area contributed by atoms with Crippen molar-refractivity contribution in [1.82, 2.24) is 4.90 Å². The Morgan fingerprint density at radius 2 is 2.04 bits per heavy atom. The first-order valence-electron chi connectivity index (χ1n) is 9.09. The highest BCUT2D eigenvalue weighted by atomic mass is 19.1. The summed E-state index contributed by atoms with van der Waals surface area (Å²) >= 11 is 0. The fraction of sp³-hybridized carbons (Fsp3) is 0.545. The highest BCUT2D eigenvalue weighted by molar-refractivity contribution is 5.67. The molecule has 1 aromatic rings. The van der Waals surface area contributed by atoms with E-state index in [1.807, 2.05) is 12.1 Å². The first-order chi connectivity index (χ1) is 11.4. The molecule has 0 unspecified atom stereocenters. The number of hydrogen-bond donors (Lipinski definition) is 0. The smallest absolute Gasteiger partial charge is 0.139 e. The van der Waals surface area contributed by atoms with Crippen molar-refractivity contribution in [2.75, 3.05) is 19.6 Å². The van der Waals surface area contributed by atoms with Crippen LogP contribution in [-0.2, 0) is 0 Å². The van der Waals surface area contributed by atoms with Crippen molar-refractivity contribution >= 4 is 5.57 Å². The summed E-state index contributed by atoms with van der Waals surface area (Å²) in [5, 5.41) is 0. The van der Waals surface area contributed by atoms with Gasteiger partial charge in [-0.2, -0.15) is 0 Å². The van der Waals surface area contributed by atoms with Crippen molar-refractivity contribution < 1.29 is 4.39 Å². The maximum Gasteiger partial charge on any atom is 0.139 e. The van der Waals surface area contributed by atoms with Crippen LogP contribution in [0, 0.1) is 23.1 Å². The molecule has 0 amide bonds. The van der Waals surface area contributed by atoms with Crippen LogP contribution in [0.2, 0.25) is 0 Å². The fourth-order valence-corrected chi connectivity index (χ4v) is 2.77. The van der Waals surface area contributed by atoms with Crippen molar-refractivity contribution in [1.29, 1.82) is 0 Å². The van der Waals surface area contributed by atoms with E-state index in [1.54, 1.807) is 6.07 Å². The Kier molecular flexibility index (Phi) is 6.63. The molecular weight excluding hydrogens is 297 g/mol. The number of benzene rings is 1. The molecule has 24 heavy (non-hydrogen) atoms. The average molecular weight is 327 g/mol. The molecule has 1 heterocycles. The highest BCUT2D eigenvalue weighted by Crippen LogP contribution is 2.25. The predicted octanol–water partition coefficient (Wildman–Crippen LogP) is 5.50. The molecule has 0 spiro atoms. The quantitative estimate of drug-likeness (QED) is 0.660. The van der Waals surface area contributed by atoms with E-state index in [0.29, 0.717) is 11.0 Å². The summed E-state index contributed by atoms with van der Waals surface area (Å²) in [5.74, 6) is 5.74. The number of rotatable bonds is 4. The molecular formula is C22H30FN. The van der Waals surface area contributed by atoms with Crippen LogP contribution in [0.3, 0.4) is 0 Å². The lowest BCUT2D eigenvalue weighted by molar-refractivity contribution is 0.245. The van der Waals surface area contributed by atoms with E-state index >= 15 is 0 Å². The normalized spacial score (nSPS) is 15.6. The molecule has 2 heteroatoms. The van der Waals surface area contributed by atoms with E-state index in [-0.39, 0.29) is 5.82 Å². The lowest BCUT2D eigenvalue weighted by atomic mass is 9.91. The third-order valence-corrected chi connectivity index (χ3v) is 4.41. The van der Waals surface area contributed by atoms with Crippen LogP contribution in [0.5, 0.6) is 0 Å². The fourth-order valence-electron chi connectivity index (χ4n) is 2.77. The Morgan fingerprint density at radius 1 is 1.25 bits per heavy atom. The molecule has 130 valence electrons. The molecule has 2 rings (SSSR count). The molecule has 1 aliphatic heterocycles. The molecule has 0 saturated heterocycles. The zero-order valence-electron chi connectivity index (χ0n) is 15.6. The van der Waals surface area contributed by atoms with Gasteiger partial charge in [-0.15, -0.1) is 0 Å². The van der Waals surface area contributed by atoms with Crippen molar-refractivity contribution in [3.63, 3.8) is 0 Å². The highest BCUT2D eigenvalue weighted by Gasteiger charge is 2.17. The van der Waals surface area contributed by atoms with Crippen LogP contribution in [-0.4, -0.2) is 24.5 Å². The van der Waals surface area contributed by atoms with Crippen LogP contribution in [0.15, 0.2) is 24.3 Å². The lowest BCUT2D eigenvalue weighted by Crippen LogP contribution is -2.31. The van der Waals surface area contributed by atoms with Gasteiger partial charge >= 0.3 is 0 Å². The Balaban J connectivity index is 1.99. The van der Waals surface area contributed by atoms with Gasteiger partial charge in [0.2, 0.25) is 0 Å². The second-order valence-corrected chi connectivity index (χ2v) is 7.84. The van der Waals surface area contributed by atoms with Crippen molar-refractivity contribution in [2.45, 2.75) is 53.4 Å². The minimum atomic E-state index is -0.202. The van der Waals surface area contributed by atoms with Gasteiger partial charge in [-0.25, -0.2) is 4.39 Å². The van der Waals surface area contributed by atoms with Crippen LogP contribution >= 0.6 is 0 Å². The Hall–Kier alpha value is -1.59. The second kappa shape index (κ2) is 8.49. The molecule has 1 aliphatic rings. The van der Waals surface area contributed by atoms with Crippen LogP contribution in [0.4, 0.5) is 4.39 Å². The van der Waals surface area contributed by atoms with Crippen LogP contribution in [0.1, 0.15) is 64.5 Å². The summed E-state index contributed by atoms with van der Waals surface area (Å²) in [6, 6.07) is 5.47. The molecule has 0 bridgehead atoms. The first-order valence-corrected chi connectivity index (χ1v) is 9.09. The van der Waals surface area contributed by atoms with Crippen LogP contribution < -0.4 is 0 Å². The van der Waals surface area contributed by atoms with Gasteiger partial charge in [-0.3, -0.25) is 4.90 Å².